The lowest BCUT2D eigenvalue weighted by Crippen LogP contribution is -2.19. The minimum atomic E-state index is -0.110. The predicted molar refractivity (Wildman–Crippen MR) is 76.9 cm³/mol. The van der Waals surface area contributed by atoms with E-state index in [1.54, 1.807) is 12.1 Å². The van der Waals surface area contributed by atoms with Crippen LogP contribution in [0, 0.1) is 12.8 Å². The minimum absolute atomic E-state index is 0.0250. The van der Waals surface area contributed by atoms with Gasteiger partial charge < -0.3 is 16.4 Å². The van der Waals surface area contributed by atoms with Gasteiger partial charge in [-0.2, -0.15) is 0 Å². The fourth-order valence-electron chi connectivity index (χ4n) is 1.51. The quantitative estimate of drug-likeness (QED) is 0.758. The highest BCUT2D eigenvalue weighted by atomic mass is 16.2. The number of benzene rings is 1. The summed E-state index contributed by atoms with van der Waals surface area (Å²) in [5, 5.41) is 5.60. The second kappa shape index (κ2) is 6.89. The topological polar surface area (TPSA) is 84.2 Å². The monoisotopic (exact) mass is 263 g/mol. The van der Waals surface area contributed by atoms with Crippen molar-refractivity contribution in [3.8, 4) is 0 Å². The van der Waals surface area contributed by atoms with Crippen molar-refractivity contribution < 1.29 is 9.59 Å². The normalized spacial score (nSPS) is 10.4. The maximum absolute atomic E-state index is 11.6. The highest BCUT2D eigenvalue weighted by Gasteiger charge is 2.09. The third-order valence-electron chi connectivity index (χ3n) is 2.66. The molecule has 4 N–H and O–H groups in total. The van der Waals surface area contributed by atoms with E-state index in [2.05, 4.69) is 10.6 Å². The number of carbonyl (C=O) groups is 2. The summed E-state index contributed by atoms with van der Waals surface area (Å²) in [6.45, 7) is 5.89. The molecule has 0 fully saturated rings. The summed E-state index contributed by atoms with van der Waals surface area (Å²) in [7, 11) is 0. The van der Waals surface area contributed by atoms with E-state index >= 15 is 0 Å². The number of rotatable bonds is 5. The summed E-state index contributed by atoms with van der Waals surface area (Å²) < 4.78 is 0. The minimum Gasteiger partial charge on any atom is -0.330 e. The van der Waals surface area contributed by atoms with E-state index < -0.39 is 0 Å². The van der Waals surface area contributed by atoms with E-state index in [0.29, 0.717) is 18.7 Å². The van der Waals surface area contributed by atoms with Gasteiger partial charge in [0.2, 0.25) is 11.8 Å². The zero-order chi connectivity index (χ0) is 14.4. The van der Waals surface area contributed by atoms with Crippen molar-refractivity contribution in [3.63, 3.8) is 0 Å². The molecule has 1 aromatic rings. The summed E-state index contributed by atoms with van der Waals surface area (Å²) in [5.41, 5.74) is 7.68. The summed E-state index contributed by atoms with van der Waals surface area (Å²) in [6.07, 6.45) is 0.297. The highest BCUT2D eigenvalue weighted by Crippen LogP contribution is 2.20. The van der Waals surface area contributed by atoms with Gasteiger partial charge in [0, 0.05) is 30.3 Å². The molecule has 1 rings (SSSR count). The third-order valence-corrected chi connectivity index (χ3v) is 2.66. The molecule has 0 radical (unpaired) electrons. The Morgan fingerprint density at radius 1 is 1.26 bits per heavy atom. The summed E-state index contributed by atoms with van der Waals surface area (Å²) >= 11 is 0. The molecule has 0 aliphatic heterocycles. The van der Waals surface area contributed by atoms with Crippen molar-refractivity contribution >= 4 is 23.2 Å². The number of amides is 2. The number of nitrogens with two attached hydrogens (primary N) is 1. The Morgan fingerprint density at radius 3 is 2.47 bits per heavy atom. The van der Waals surface area contributed by atoms with Crippen molar-refractivity contribution in [1.82, 2.24) is 0 Å². The largest absolute Gasteiger partial charge is 0.330 e. The number of anilines is 2. The third kappa shape index (κ3) is 4.71. The maximum Gasteiger partial charge on any atom is 0.226 e. The molecule has 0 spiro atoms. The highest BCUT2D eigenvalue weighted by molar-refractivity contribution is 5.94. The van der Waals surface area contributed by atoms with Gasteiger partial charge in [0.05, 0.1) is 0 Å². The predicted octanol–water partition coefficient (Wildman–Crippen LogP) is 1.88. The van der Waals surface area contributed by atoms with Gasteiger partial charge in [-0.25, -0.2) is 0 Å². The van der Waals surface area contributed by atoms with E-state index in [-0.39, 0.29) is 17.7 Å². The van der Waals surface area contributed by atoms with Crippen LogP contribution < -0.4 is 16.4 Å². The Labute approximate surface area is 113 Å². The Bertz CT molecular complexity index is 470. The Hall–Kier alpha value is -1.88. The van der Waals surface area contributed by atoms with E-state index in [1.165, 1.54) is 0 Å². The molecule has 0 saturated carbocycles. The summed E-state index contributed by atoms with van der Waals surface area (Å²) in [4.78, 5) is 23.0. The molecule has 5 heteroatoms. The van der Waals surface area contributed by atoms with Gasteiger partial charge in [0.25, 0.3) is 0 Å². The van der Waals surface area contributed by atoms with Gasteiger partial charge >= 0.3 is 0 Å². The van der Waals surface area contributed by atoms with Crippen LogP contribution in [0.1, 0.15) is 25.8 Å². The smallest absolute Gasteiger partial charge is 0.226 e. The SMILES string of the molecule is Cc1cc(NC(=O)CCN)ccc1NC(=O)C(C)C. The molecular weight excluding hydrogens is 242 g/mol. The van der Waals surface area contributed by atoms with Crippen LogP contribution in [0.4, 0.5) is 11.4 Å². The maximum atomic E-state index is 11.6. The van der Waals surface area contributed by atoms with Crippen LogP contribution in [0.5, 0.6) is 0 Å². The first-order valence-corrected chi connectivity index (χ1v) is 6.35. The molecule has 0 unspecified atom stereocenters. The van der Waals surface area contributed by atoms with Gasteiger partial charge in [0.15, 0.2) is 0 Å². The zero-order valence-electron chi connectivity index (χ0n) is 11.6. The van der Waals surface area contributed by atoms with Crippen LogP contribution in [0.3, 0.4) is 0 Å². The van der Waals surface area contributed by atoms with Crippen molar-refractivity contribution in [3.05, 3.63) is 23.8 Å². The lowest BCUT2D eigenvalue weighted by molar-refractivity contribution is -0.119. The fraction of sp³-hybridized carbons (Fsp3) is 0.429. The number of hydrogen-bond donors (Lipinski definition) is 3. The summed E-state index contributed by atoms with van der Waals surface area (Å²) in [6, 6.07) is 5.37. The number of carbonyl (C=O) groups excluding carboxylic acids is 2. The van der Waals surface area contributed by atoms with Crippen LogP contribution in [-0.2, 0) is 9.59 Å². The van der Waals surface area contributed by atoms with E-state index in [4.69, 9.17) is 5.73 Å². The lowest BCUT2D eigenvalue weighted by Gasteiger charge is -2.12. The molecule has 5 nitrogen and oxygen atoms in total. The zero-order valence-corrected chi connectivity index (χ0v) is 11.6. The molecule has 104 valence electrons. The van der Waals surface area contributed by atoms with Crippen LogP contribution in [0.2, 0.25) is 0 Å². The fourth-order valence-corrected chi connectivity index (χ4v) is 1.51. The molecule has 0 heterocycles. The summed E-state index contributed by atoms with van der Waals surface area (Å²) in [5.74, 6) is -0.202. The molecule has 0 aliphatic rings. The molecule has 1 aromatic carbocycles. The van der Waals surface area contributed by atoms with Crippen molar-refractivity contribution in [2.45, 2.75) is 27.2 Å². The van der Waals surface area contributed by atoms with Crippen molar-refractivity contribution in [2.24, 2.45) is 11.7 Å². The molecular formula is C14H21N3O2. The van der Waals surface area contributed by atoms with Crippen LogP contribution in [0.25, 0.3) is 0 Å². The Balaban J connectivity index is 2.74. The molecule has 0 atom stereocenters. The number of aryl methyl sites for hydroxylation is 1. The van der Waals surface area contributed by atoms with E-state index in [0.717, 1.165) is 11.3 Å². The molecule has 0 bridgehead atoms. The number of nitrogens with one attached hydrogen (secondary N) is 2. The van der Waals surface area contributed by atoms with Gasteiger partial charge in [-0.05, 0) is 30.7 Å². The van der Waals surface area contributed by atoms with Gasteiger partial charge in [-0.1, -0.05) is 13.8 Å². The number of hydrogen-bond acceptors (Lipinski definition) is 3. The van der Waals surface area contributed by atoms with Gasteiger partial charge in [-0.15, -0.1) is 0 Å². The second-order valence-corrected chi connectivity index (χ2v) is 4.76. The first kappa shape index (κ1) is 15.2. The van der Waals surface area contributed by atoms with Gasteiger partial charge in [0.1, 0.15) is 0 Å². The Morgan fingerprint density at radius 2 is 1.95 bits per heavy atom. The van der Waals surface area contributed by atoms with E-state index in [9.17, 15) is 9.59 Å². The molecule has 0 aromatic heterocycles. The second-order valence-electron chi connectivity index (χ2n) is 4.76. The Kier molecular flexibility index (Phi) is 5.51. The average molecular weight is 263 g/mol. The molecule has 0 aliphatic carbocycles. The van der Waals surface area contributed by atoms with Crippen molar-refractivity contribution in [2.75, 3.05) is 17.2 Å². The van der Waals surface area contributed by atoms with Gasteiger partial charge in [-0.3, -0.25) is 9.59 Å². The molecule has 0 saturated heterocycles. The average Bonchev–Trinajstić information content (AvgIpc) is 2.32. The van der Waals surface area contributed by atoms with Crippen molar-refractivity contribution in [1.29, 1.82) is 0 Å². The van der Waals surface area contributed by atoms with Crippen LogP contribution in [0.15, 0.2) is 18.2 Å². The van der Waals surface area contributed by atoms with Crippen LogP contribution >= 0.6 is 0 Å². The van der Waals surface area contributed by atoms with Crippen LogP contribution in [-0.4, -0.2) is 18.4 Å². The molecule has 2 amide bonds. The van der Waals surface area contributed by atoms with E-state index in [1.807, 2.05) is 26.8 Å². The lowest BCUT2D eigenvalue weighted by atomic mass is 10.1. The first-order valence-electron chi connectivity index (χ1n) is 6.35. The first-order chi connectivity index (χ1) is 8.93. The standard InChI is InChI=1S/C14H21N3O2/c1-9(2)14(19)17-12-5-4-11(8-10(12)3)16-13(18)6-7-15/h4-5,8-9H,6-7,15H2,1-3H3,(H,16,18)(H,17,19). The molecule has 19 heavy (non-hydrogen) atoms.